The number of alkyl halides is 6. The zero-order valence-corrected chi connectivity index (χ0v) is 19.9. The molecule has 1 unspecified atom stereocenters. The predicted octanol–water partition coefficient (Wildman–Crippen LogP) is 7.34. The highest BCUT2D eigenvalue weighted by atomic mass is 19.4. The fourth-order valence-electron chi connectivity index (χ4n) is 3.42. The summed E-state index contributed by atoms with van der Waals surface area (Å²) in [5.74, 6) is -7.40. The number of rotatable bonds is 18. The average Bonchev–Trinajstić information content (AvgIpc) is 2.76. The maximum absolute atomic E-state index is 13.4. The van der Waals surface area contributed by atoms with Gasteiger partial charge in [0.25, 0.3) is 6.17 Å². The maximum Gasteiger partial charge on any atom is 0.425 e. The van der Waals surface area contributed by atoms with E-state index in [-0.39, 0.29) is 19.4 Å². The van der Waals surface area contributed by atoms with Gasteiger partial charge in [-0.25, -0.2) is 4.39 Å². The summed E-state index contributed by atoms with van der Waals surface area (Å²) in [5, 5.41) is 0. The number of unbranched alkanes of at least 4 members (excludes halogenated alkanes) is 9. The summed E-state index contributed by atoms with van der Waals surface area (Å²) >= 11 is 0. The van der Waals surface area contributed by atoms with Crippen LogP contribution in [-0.2, 0) is 19.1 Å². The Morgan fingerprint density at radius 2 is 1.12 bits per heavy atom. The van der Waals surface area contributed by atoms with Gasteiger partial charge >= 0.3 is 24.0 Å². The summed E-state index contributed by atoms with van der Waals surface area (Å²) in [7, 11) is 0. The molecule has 0 amide bonds. The van der Waals surface area contributed by atoms with Crippen LogP contribution in [0.2, 0.25) is 0 Å². The van der Waals surface area contributed by atoms with Crippen LogP contribution in [0, 0.1) is 5.41 Å². The number of hydrogen-bond acceptors (Lipinski definition) is 4. The van der Waals surface area contributed by atoms with Crippen LogP contribution >= 0.6 is 0 Å². The second-order valence-electron chi connectivity index (χ2n) is 8.35. The molecule has 0 bridgehead atoms. The number of halogens is 6. The molecular formula is C23H38F6O4. The highest BCUT2D eigenvalue weighted by Crippen LogP contribution is 2.36. The highest BCUT2D eigenvalue weighted by Gasteiger charge is 2.58. The largest absolute Gasteiger partial charge is 0.465 e. The van der Waals surface area contributed by atoms with Crippen LogP contribution in [0.5, 0.6) is 0 Å². The van der Waals surface area contributed by atoms with Crippen LogP contribution in [0.25, 0.3) is 0 Å². The molecule has 0 aliphatic heterocycles. The van der Waals surface area contributed by atoms with Crippen molar-refractivity contribution in [2.45, 2.75) is 116 Å². The number of ether oxygens (including phenoxy) is 2. The standard InChI is InChI=1S/C23H38F6O4/c1-4-7-8-9-10-11-12-13-14-15-16-32-19(30)21(5-2,6-3)20(31)33-17-22(25,26)18(24)23(27,28)29/h18H,4-17H2,1-3H3. The smallest absolute Gasteiger partial charge is 0.425 e. The molecule has 0 aliphatic rings. The molecule has 0 aromatic heterocycles. The van der Waals surface area contributed by atoms with Crippen LogP contribution in [0.3, 0.4) is 0 Å². The molecule has 0 aromatic rings. The number of hydrogen-bond donors (Lipinski definition) is 0. The van der Waals surface area contributed by atoms with Gasteiger partial charge in [-0.3, -0.25) is 9.59 Å². The monoisotopic (exact) mass is 492 g/mol. The molecule has 0 aromatic carbocycles. The fourth-order valence-corrected chi connectivity index (χ4v) is 3.42. The molecule has 0 rings (SSSR count). The van der Waals surface area contributed by atoms with Crippen molar-refractivity contribution in [3.63, 3.8) is 0 Å². The van der Waals surface area contributed by atoms with Crippen LogP contribution < -0.4 is 0 Å². The first-order valence-corrected chi connectivity index (χ1v) is 11.8. The van der Waals surface area contributed by atoms with E-state index in [1.165, 1.54) is 46.0 Å². The van der Waals surface area contributed by atoms with E-state index < -0.39 is 42.2 Å². The van der Waals surface area contributed by atoms with Gasteiger partial charge in [-0.1, -0.05) is 78.6 Å². The van der Waals surface area contributed by atoms with Crippen LogP contribution in [0.15, 0.2) is 0 Å². The van der Waals surface area contributed by atoms with Crippen LogP contribution in [-0.4, -0.2) is 43.4 Å². The molecule has 0 heterocycles. The van der Waals surface area contributed by atoms with Gasteiger partial charge in [0.15, 0.2) is 12.0 Å². The number of esters is 2. The van der Waals surface area contributed by atoms with E-state index in [0.717, 1.165) is 25.7 Å². The molecule has 4 nitrogen and oxygen atoms in total. The lowest BCUT2D eigenvalue weighted by Gasteiger charge is -2.28. The van der Waals surface area contributed by atoms with E-state index in [4.69, 9.17) is 4.74 Å². The Morgan fingerprint density at radius 1 is 0.697 bits per heavy atom. The van der Waals surface area contributed by atoms with Gasteiger partial charge in [-0.05, 0) is 19.3 Å². The SMILES string of the molecule is CCCCCCCCCCCCOC(=O)C(CC)(CC)C(=O)OCC(F)(F)C(F)C(F)(F)F. The first kappa shape index (κ1) is 31.5. The predicted molar refractivity (Wildman–Crippen MR) is 113 cm³/mol. The van der Waals surface area contributed by atoms with Gasteiger partial charge in [-0.15, -0.1) is 0 Å². The second kappa shape index (κ2) is 15.4. The third-order valence-corrected chi connectivity index (χ3v) is 5.77. The third-order valence-electron chi connectivity index (χ3n) is 5.77. The minimum atomic E-state index is -5.81. The van der Waals surface area contributed by atoms with Crippen molar-refractivity contribution in [3.8, 4) is 0 Å². The normalized spacial score (nSPS) is 13.6. The summed E-state index contributed by atoms with van der Waals surface area (Å²) in [5.41, 5.74) is -1.93. The highest BCUT2D eigenvalue weighted by molar-refractivity contribution is 6.00. The Balaban J connectivity index is 4.50. The summed E-state index contributed by atoms with van der Waals surface area (Å²) in [6.45, 7) is 2.93. The van der Waals surface area contributed by atoms with Gasteiger partial charge in [-0.2, -0.15) is 22.0 Å². The summed E-state index contributed by atoms with van der Waals surface area (Å²) in [6.07, 6.45) is 0.0694. The lowest BCUT2D eigenvalue weighted by atomic mass is 9.82. The first-order chi connectivity index (χ1) is 15.4. The fraction of sp³-hybridized carbons (Fsp3) is 0.913. The maximum atomic E-state index is 13.4. The van der Waals surface area contributed by atoms with Gasteiger partial charge in [0.05, 0.1) is 6.61 Å². The van der Waals surface area contributed by atoms with E-state index in [2.05, 4.69) is 11.7 Å². The van der Waals surface area contributed by atoms with Gasteiger partial charge in [0.1, 0.15) is 0 Å². The van der Waals surface area contributed by atoms with Crippen molar-refractivity contribution in [1.29, 1.82) is 0 Å². The Labute approximate surface area is 192 Å². The molecule has 0 saturated heterocycles. The molecule has 10 heteroatoms. The summed E-state index contributed by atoms with van der Waals surface area (Å²) < 4.78 is 85.9. The minimum absolute atomic E-state index is 0.0289. The Kier molecular flexibility index (Phi) is 14.7. The molecule has 0 fully saturated rings. The number of carbonyl (C=O) groups is 2. The van der Waals surface area contributed by atoms with Crippen LogP contribution in [0.4, 0.5) is 26.3 Å². The summed E-state index contributed by atoms with van der Waals surface area (Å²) in [4.78, 5) is 24.8. The Hall–Kier alpha value is -1.48. The van der Waals surface area contributed by atoms with E-state index in [1.54, 1.807) is 0 Å². The van der Waals surface area contributed by atoms with Crippen molar-refractivity contribution < 1.29 is 45.4 Å². The van der Waals surface area contributed by atoms with E-state index >= 15 is 0 Å². The molecular weight excluding hydrogens is 454 g/mol. The third kappa shape index (κ3) is 11.0. The molecule has 0 spiro atoms. The average molecular weight is 493 g/mol. The zero-order valence-electron chi connectivity index (χ0n) is 19.9. The van der Waals surface area contributed by atoms with Gasteiger partial charge in [0, 0.05) is 0 Å². The van der Waals surface area contributed by atoms with Crippen molar-refractivity contribution >= 4 is 11.9 Å². The molecule has 0 N–H and O–H groups in total. The molecule has 0 saturated carbocycles. The molecule has 196 valence electrons. The van der Waals surface area contributed by atoms with E-state index in [0.29, 0.717) is 6.42 Å². The lowest BCUT2D eigenvalue weighted by Crippen LogP contribution is -2.47. The van der Waals surface area contributed by atoms with Crippen molar-refractivity contribution in [3.05, 3.63) is 0 Å². The minimum Gasteiger partial charge on any atom is -0.465 e. The van der Waals surface area contributed by atoms with Crippen molar-refractivity contribution in [2.75, 3.05) is 13.2 Å². The molecule has 0 aliphatic carbocycles. The quantitative estimate of drug-likeness (QED) is 0.0870. The lowest BCUT2D eigenvalue weighted by molar-refractivity contribution is -0.255. The van der Waals surface area contributed by atoms with Gasteiger partial charge in [0.2, 0.25) is 0 Å². The number of carbonyl (C=O) groups excluding carboxylic acids is 2. The Morgan fingerprint density at radius 3 is 1.55 bits per heavy atom. The van der Waals surface area contributed by atoms with Crippen LogP contribution in [0.1, 0.15) is 97.8 Å². The zero-order chi connectivity index (χ0) is 25.5. The van der Waals surface area contributed by atoms with Gasteiger partial charge < -0.3 is 9.47 Å². The first-order valence-electron chi connectivity index (χ1n) is 11.8. The second-order valence-corrected chi connectivity index (χ2v) is 8.35. The molecule has 33 heavy (non-hydrogen) atoms. The summed E-state index contributed by atoms with van der Waals surface area (Å²) in [6, 6.07) is 0. The molecule has 0 radical (unpaired) electrons. The van der Waals surface area contributed by atoms with E-state index in [1.807, 2.05) is 0 Å². The van der Waals surface area contributed by atoms with Crippen molar-refractivity contribution in [2.24, 2.45) is 5.41 Å². The molecule has 1 atom stereocenters. The van der Waals surface area contributed by atoms with E-state index in [9.17, 15) is 35.9 Å². The topological polar surface area (TPSA) is 52.6 Å². The Bertz CT molecular complexity index is 562. The van der Waals surface area contributed by atoms with Crippen molar-refractivity contribution in [1.82, 2.24) is 0 Å².